The van der Waals surface area contributed by atoms with Crippen molar-refractivity contribution < 1.29 is 0 Å². The lowest BCUT2D eigenvalue weighted by Crippen LogP contribution is -1.90. The molecule has 78 valence electrons. The van der Waals surface area contributed by atoms with Crippen molar-refractivity contribution in [1.82, 2.24) is 15.0 Å². The Morgan fingerprint density at radius 3 is 2.75 bits per heavy atom. The number of nitrogens with one attached hydrogen (secondary N) is 2. The Balaban J connectivity index is 1.94. The number of H-pyrrole nitrogens is 1. The van der Waals surface area contributed by atoms with Crippen LogP contribution in [-0.2, 0) is 0 Å². The number of rotatable bonds is 2. The highest BCUT2D eigenvalue weighted by Crippen LogP contribution is 2.17. The summed E-state index contributed by atoms with van der Waals surface area (Å²) in [5, 5.41) is 3.28. The van der Waals surface area contributed by atoms with Crippen molar-refractivity contribution in [3.8, 4) is 0 Å². The lowest BCUT2D eigenvalue weighted by atomic mass is 10.3. The molecule has 0 aliphatic rings. The van der Waals surface area contributed by atoms with E-state index in [1.165, 1.54) is 0 Å². The molecular formula is C12H10N4. The topological polar surface area (TPSA) is 53.6 Å². The van der Waals surface area contributed by atoms with Crippen molar-refractivity contribution >= 4 is 22.5 Å². The predicted molar refractivity (Wildman–Crippen MR) is 63.6 cm³/mol. The lowest BCUT2D eigenvalue weighted by Gasteiger charge is -2.04. The van der Waals surface area contributed by atoms with Gasteiger partial charge >= 0.3 is 0 Å². The smallest absolute Gasteiger partial charge is 0.177 e. The molecule has 0 fully saturated rings. The fraction of sp³-hybridized carbons (Fsp3) is 0. The van der Waals surface area contributed by atoms with Gasteiger partial charge in [-0.15, -0.1) is 0 Å². The Bertz CT molecular complexity index is 600. The second kappa shape index (κ2) is 3.66. The Morgan fingerprint density at radius 1 is 1.00 bits per heavy atom. The maximum atomic E-state index is 4.23. The van der Waals surface area contributed by atoms with Gasteiger partial charge in [-0.3, -0.25) is 0 Å². The molecule has 0 aliphatic carbocycles. The molecule has 2 N–H and O–H groups in total. The number of hydrogen-bond acceptors (Lipinski definition) is 3. The van der Waals surface area contributed by atoms with E-state index in [0.717, 1.165) is 22.5 Å². The highest BCUT2D eigenvalue weighted by Gasteiger charge is 1.99. The van der Waals surface area contributed by atoms with Crippen LogP contribution in [0.2, 0.25) is 0 Å². The number of aromatic amines is 1. The van der Waals surface area contributed by atoms with Crippen molar-refractivity contribution in [2.45, 2.75) is 0 Å². The summed E-state index contributed by atoms with van der Waals surface area (Å²) >= 11 is 0. The molecule has 2 heterocycles. The van der Waals surface area contributed by atoms with Crippen molar-refractivity contribution in [3.63, 3.8) is 0 Å². The third kappa shape index (κ3) is 1.61. The molecule has 0 saturated heterocycles. The average Bonchev–Trinajstić information content (AvgIpc) is 2.77. The monoisotopic (exact) mass is 210 g/mol. The number of hydrogen-bond donors (Lipinski definition) is 2. The van der Waals surface area contributed by atoms with E-state index in [0.29, 0.717) is 0 Å². The summed E-state index contributed by atoms with van der Waals surface area (Å²) in [6.45, 7) is 0. The summed E-state index contributed by atoms with van der Waals surface area (Å²) < 4.78 is 0. The molecule has 16 heavy (non-hydrogen) atoms. The second-order valence-electron chi connectivity index (χ2n) is 3.49. The third-order valence-corrected chi connectivity index (χ3v) is 2.34. The van der Waals surface area contributed by atoms with Crippen LogP contribution < -0.4 is 5.32 Å². The van der Waals surface area contributed by atoms with Crippen molar-refractivity contribution in [2.24, 2.45) is 0 Å². The predicted octanol–water partition coefficient (Wildman–Crippen LogP) is 2.70. The molecule has 2 aromatic heterocycles. The molecule has 4 nitrogen and oxygen atoms in total. The molecule has 4 heteroatoms. The normalized spacial score (nSPS) is 10.5. The van der Waals surface area contributed by atoms with Gasteiger partial charge < -0.3 is 10.3 Å². The standard InChI is InChI=1S/C12H10N4/c1-2-4-9(5-3-1)16-10-6-11-12(13-7-10)15-8-14-11/h1-8,16H,(H,13,14,15). The van der Waals surface area contributed by atoms with Crippen LogP contribution in [0.15, 0.2) is 48.9 Å². The molecule has 0 saturated carbocycles. The average molecular weight is 210 g/mol. The molecule has 0 radical (unpaired) electrons. The van der Waals surface area contributed by atoms with Gasteiger partial charge in [-0.1, -0.05) is 18.2 Å². The molecule has 3 rings (SSSR count). The minimum absolute atomic E-state index is 0.735. The summed E-state index contributed by atoms with van der Waals surface area (Å²) in [6, 6.07) is 12.0. The van der Waals surface area contributed by atoms with Crippen LogP contribution in [0.1, 0.15) is 0 Å². The van der Waals surface area contributed by atoms with E-state index in [1.54, 1.807) is 12.5 Å². The van der Waals surface area contributed by atoms with E-state index in [2.05, 4.69) is 20.3 Å². The fourth-order valence-electron chi connectivity index (χ4n) is 1.59. The minimum Gasteiger partial charge on any atom is -0.354 e. The Labute approximate surface area is 92.4 Å². The van der Waals surface area contributed by atoms with E-state index in [1.807, 2.05) is 36.4 Å². The first-order valence-corrected chi connectivity index (χ1v) is 5.03. The van der Waals surface area contributed by atoms with E-state index < -0.39 is 0 Å². The van der Waals surface area contributed by atoms with Gasteiger partial charge in [-0.05, 0) is 18.2 Å². The Hall–Kier alpha value is -2.36. The summed E-state index contributed by atoms with van der Waals surface area (Å²) in [4.78, 5) is 11.3. The molecule has 0 aliphatic heterocycles. The zero-order chi connectivity index (χ0) is 10.8. The molecule has 0 atom stereocenters. The molecular weight excluding hydrogens is 200 g/mol. The SMILES string of the molecule is c1ccc(Nc2cnc3nc[nH]c3c2)cc1. The Kier molecular flexibility index (Phi) is 2.04. The lowest BCUT2D eigenvalue weighted by molar-refractivity contribution is 1.30. The van der Waals surface area contributed by atoms with Gasteiger partial charge in [-0.25, -0.2) is 9.97 Å². The molecule has 0 unspecified atom stereocenters. The number of para-hydroxylation sites is 1. The van der Waals surface area contributed by atoms with Crippen LogP contribution >= 0.6 is 0 Å². The van der Waals surface area contributed by atoms with E-state index in [9.17, 15) is 0 Å². The maximum absolute atomic E-state index is 4.23. The molecule has 0 bridgehead atoms. The largest absolute Gasteiger partial charge is 0.354 e. The number of anilines is 2. The van der Waals surface area contributed by atoms with Gasteiger partial charge in [0.2, 0.25) is 0 Å². The van der Waals surface area contributed by atoms with Crippen molar-refractivity contribution in [3.05, 3.63) is 48.9 Å². The third-order valence-electron chi connectivity index (χ3n) is 2.34. The van der Waals surface area contributed by atoms with Crippen LogP contribution in [-0.4, -0.2) is 15.0 Å². The number of benzene rings is 1. The van der Waals surface area contributed by atoms with Crippen LogP contribution in [0.4, 0.5) is 11.4 Å². The van der Waals surface area contributed by atoms with Gasteiger partial charge in [0.15, 0.2) is 5.65 Å². The minimum atomic E-state index is 0.735. The Morgan fingerprint density at radius 2 is 1.88 bits per heavy atom. The zero-order valence-electron chi connectivity index (χ0n) is 8.51. The number of pyridine rings is 1. The van der Waals surface area contributed by atoms with Gasteiger partial charge in [-0.2, -0.15) is 0 Å². The first-order chi connectivity index (χ1) is 7.92. The second-order valence-corrected chi connectivity index (χ2v) is 3.49. The van der Waals surface area contributed by atoms with Crippen LogP contribution in [0.3, 0.4) is 0 Å². The highest BCUT2D eigenvalue weighted by molar-refractivity contribution is 5.75. The van der Waals surface area contributed by atoms with Gasteiger partial charge in [0.1, 0.15) is 0 Å². The van der Waals surface area contributed by atoms with Crippen LogP contribution in [0, 0.1) is 0 Å². The number of imidazole rings is 1. The summed E-state index contributed by atoms with van der Waals surface area (Å²) in [5.41, 5.74) is 3.66. The summed E-state index contributed by atoms with van der Waals surface area (Å²) in [7, 11) is 0. The van der Waals surface area contributed by atoms with Crippen LogP contribution in [0.25, 0.3) is 11.2 Å². The fourth-order valence-corrected chi connectivity index (χ4v) is 1.59. The molecule has 0 amide bonds. The van der Waals surface area contributed by atoms with E-state index in [4.69, 9.17) is 0 Å². The highest BCUT2D eigenvalue weighted by atomic mass is 15.0. The molecule has 3 aromatic rings. The van der Waals surface area contributed by atoms with Gasteiger partial charge in [0.05, 0.1) is 23.7 Å². The van der Waals surface area contributed by atoms with E-state index >= 15 is 0 Å². The summed E-state index contributed by atoms with van der Waals surface area (Å²) in [6.07, 6.45) is 3.42. The van der Waals surface area contributed by atoms with Crippen LogP contribution in [0.5, 0.6) is 0 Å². The zero-order valence-corrected chi connectivity index (χ0v) is 8.51. The molecule has 1 aromatic carbocycles. The van der Waals surface area contributed by atoms with Crippen molar-refractivity contribution in [1.29, 1.82) is 0 Å². The first kappa shape index (κ1) is 8.91. The van der Waals surface area contributed by atoms with E-state index in [-0.39, 0.29) is 0 Å². The number of fused-ring (bicyclic) bond motifs is 1. The number of aromatic nitrogens is 3. The van der Waals surface area contributed by atoms with Crippen molar-refractivity contribution in [2.75, 3.05) is 5.32 Å². The maximum Gasteiger partial charge on any atom is 0.177 e. The number of nitrogens with zero attached hydrogens (tertiary/aromatic N) is 2. The van der Waals surface area contributed by atoms with Gasteiger partial charge in [0.25, 0.3) is 0 Å². The summed E-state index contributed by atoms with van der Waals surface area (Å²) in [5.74, 6) is 0. The first-order valence-electron chi connectivity index (χ1n) is 5.03. The molecule has 0 spiro atoms. The quantitative estimate of drug-likeness (QED) is 0.683. The van der Waals surface area contributed by atoms with Gasteiger partial charge in [0, 0.05) is 5.69 Å².